The minimum Gasteiger partial charge on any atom is -0.478 e. The molecule has 0 spiro atoms. The summed E-state index contributed by atoms with van der Waals surface area (Å²) in [6.07, 6.45) is 2.01. The van der Waals surface area contributed by atoms with Crippen LogP contribution < -0.4 is 9.62 Å². The number of aromatic nitrogens is 3. The van der Waals surface area contributed by atoms with E-state index in [1.54, 1.807) is 37.1 Å². The van der Waals surface area contributed by atoms with Crippen LogP contribution >= 0.6 is 0 Å². The Hall–Kier alpha value is -3.40. The zero-order valence-corrected chi connectivity index (χ0v) is 20.3. The van der Waals surface area contributed by atoms with Gasteiger partial charge in [-0.15, -0.1) is 0 Å². The second-order valence-electron chi connectivity index (χ2n) is 7.96. The van der Waals surface area contributed by atoms with Crippen molar-refractivity contribution in [2.75, 3.05) is 23.2 Å². The number of benzene rings is 1. The Bertz CT molecular complexity index is 1280. The summed E-state index contributed by atoms with van der Waals surface area (Å²) in [7, 11) is -2.11. The standard InChI is InChI=1S/C23H29N5O4S/c1-6-28-17(4)20(16(3)25-28)10-11-27(5)22-21(23(29)30)13-18(14-24-22)26-33(31,32)19-9-7-8-15(2)12-19/h7-9,12-14,26H,6,10-11H2,1-5H3,(H,29,30). The Balaban J connectivity index is 1.82. The third kappa shape index (κ3) is 5.33. The highest BCUT2D eigenvalue weighted by Crippen LogP contribution is 2.24. The van der Waals surface area contributed by atoms with E-state index in [0.29, 0.717) is 13.0 Å². The summed E-state index contributed by atoms with van der Waals surface area (Å²) in [6.45, 7) is 9.13. The number of anilines is 2. The van der Waals surface area contributed by atoms with E-state index in [1.165, 1.54) is 18.3 Å². The number of carbonyl (C=O) groups is 1. The maximum Gasteiger partial charge on any atom is 0.339 e. The molecule has 9 nitrogen and oxygen atoms in total. The van der Waals surface area contributed by atoms with Crippen molar-refractivity contribution in [3.8, 4) is 0 Å². The number of aromatic carboxylic acids is 1. The molecule has 2 heterocycles. The lowest BCUT2D eigenvalue weighted by atomic mass is 10.1. The monoisotopic (exact) mass is 471 g/mol. The van der Waals surface area contributed by atoms with Crippen molar-refractivity contribution in [3.63, 3.8) is 0 Å². The number of aryl methyl sites for hydroxylation is 3. The molecule has 176 valence electrons. The maximum absolute atomic E-state index is 12.7. The molecule has 0 fully saturated rings. The lowest BCUT2D eigenvalue weighted by Crippen LogP contribution is -2.24. The SMILES string of the molecule is CCn1nc(C)c(CCN(C)c2ncc(NS(=O)(=O)c3cccc(C)c3)cc2C(=O)O)c1C. The molecule has 0 aliphatic carbocycles. The van der Waals surface area contributed by atoms with Gasteiger partial charge in [0.2, 0.25) is 0 Å². The molecule has 10 heteroatoms. The molecule has 0 saturated heterocycles. The number of nitrogens with one attached hydrogen (secondary N) is 1. The largest absolute Gasteiger partial charge is 0.478 e. The summed E-state index contributed by atoms with van der Waals surface area (Å²) in [6, 6.07) is 7.76. The Kier molecular flexibility index (Phi) is 7.06. The molecule has 0 aliphatic heterocycles. The second kappa shape index (κ2) is 9.62. The van der Waals surface area contributed by atoms with Crippen LogP contribution in [0.25, 0.3) is 0 Å². The fourth-order valence-electron chi connectivity index (χ4n) is 3.76. The minimum atomic E-state index is -3.87. The van der Waals surface area contributed by atoms with E-state index in [9.17, 15) is 18.3 Å². The molecule has 2 aromatic heterocycles. The van der Waals surface area contributed by atoms with Crippen LogP contribution in [0.1, 0.15) is 39.8 Å². The van der Waals surface area contributed by atoms with Crippen LogP contribution in [-0.4, -0.2) is 47.9 Å². The summed E-state index contributed by atoms with van der Waals surface area (Å²) < 4.78 is 29.8. The maximum atomic E-state index is 12.7. The van der Waals surface area contributed by atoms with Gasteiger partial charge in [0.25, 0.3) is 10.0 Å². The number of carboxylic acids is 1. The van der Waals surface area contributed by atoms with Gasteiger partial charge in [-0.2, -0.15) is 5.10 Å². The molecule has 0 bridgehead atoms. The van der Waals surface area contributed by atoms with Crippen molar-refractivity contribution in [1.29, 1.82) is 0 Å². The van der Waals surface area contributed by atoms with Crippen molar-refractivity contribution < 1.29 is 18.3 Å². The van der Waals surface area contributed by atoms with Gasteiger partial charge in [-0.05, 0) is 63.4 Å². The summed E-state index contributed by atoms with van der Waals surface area (Å²) >= 11 is 0. The summed E-state index contributed by atoms with van der Waals surface area (Å²) in [5.74, 6) is -0.925. The zero-order valence-electron chi connectivity index (χ0n) is 19.5. The second-order valence-corrected chi connectivity index (χ2v) is 9.64. The van der Waals surface area contributed by atoms with Crippen molar-refractivity contribution in [1.82, 2.24) is 14.8 Å². The molecule has 0 aliphatic rings. The molecule has 2 N–H and O–H groups in total. The quantitative estimate of drug-likeness (QED) is 0.491. The van der Waals surface area contributed by atoms with Gasteiger partial charge in [-0.25, -0.2) is 18.2 Å². The van der Waals surface area contributed by atoms with Gasteiger partial charge in [-0.1, -0.05) is 12.1 Å². The molecule has 33 heavy (non-hydrogen) atoms. The lowest BCUT2D eigenvalue weighted by molar-refractivity contribution is 0.0697. The normalized spacial score (nSPS) is 11.4. The number of hydrogen-bond donors (Lipinski definition) is 2. The van der Waals surface area contributed by atoms with Crippen LogP contribution in [0, 0.1) is 20.8 Å². The molecule has 0 radical (unpaired) electrons. The number of hydrogen-bond acceptors (Lipinski definition) is 6. The number of nitrogens with zero attached hydrogens (tertiary/aromatic N) is 4. The fourth-order valence-corrected chi connectivity index (χ4v) is 4.90. The van der Waals surface area contributed by atoms with E-state index in [-0.39, 0.29) is 22.0 Å². The lowest BCUT2D eigenvalue weighted by Gasteiger charge is -2.21. The van der Waals surface area contributed by atoms with Gasteiger partial charge in [-0.3, -0.25) is 9.40 Å². The van der Waals surface area contributed by atoms with Crippen LogP contribution in [0.5, 0.6) is 0 Å². The first kappa shape index (κ1) is 24.2. The molecule has 0 saturated carbocycles. The smallest absolute Gasteiger partial charge is 0.339 e. The van der Waals surface area contributed by atoms with Gasteiger partial charge in [0.1, 0.15) is 11.4 Å². The van der Waals surface area contributed by atoms with Crippen molar-refractivity contribution >= 4 is 27.5 Å². The first-order chi connectivity index (χ1) is 15.5. The Morgan fingerprint density at radius 1 is 1.21 bits per heavy atom. The van der Waals surface area contributed by atoms with Crippen molar-refractivity contribution in [3.05, 3.63) is 64.6 Å². The highest BCUT2D eigenvalue weighted by molar-refractivity contribution is 7.92. The van der Waals surface area contributed by atoms with Gasteiger partial charge in [0.05, 0.1) is 22.5 Å². The zero-order chi connectivity index (χ0) is 24.3. The Morgan fingerprint density at radius 2 is 1.94 bits per heavy atom. The van der Waals surface area contributed by atoms with Crippen LogP contribution in [0.3, 0.4) is 0 Å². The molecular formula is C23H29N5O4S. The van der Waals surface area contributed by atoms with E-state index < -0.39 is 16.0 Å². The number of sulfonamides is 1. The topological polar surface area (TPSA) is 117 Å². The van der Waals surface area contributed by atoms with E-state index in [1.807, 2.05) is 25.5 Å². The Labute approximate surface area is 194 Å². The number of pyridine rings is 1. The van der Waals surface area contributed by atoms with Crippen LogP contribution in [0.15, 0.2) is 41.4 Å². The van der Waals surface area contributed by atoms with Gasteiger partial charge in [0.15, 0.2) is 0 Å². The van der Waals surface area contributed by atoms with E-state index in [0.717, 1.165) is 29.1 Å². The highest BCUT2D eigenvalue weighted by Gasteiger charge is 2.20. The molecule has 3 rings (SSSR count). The predicted molar refractivity (Wildman–Crippen MR) is 128 cm³/mol. The summed E-state index contributed by atoms with van der Waals surface area (Å²) in [5.41, 5.74) is 3.98. The minimum absolute atomic E-state index is 0.0837. The van der Waals surface area contributed by atoms with E-state index >= 15 is 0 Å². The third-order valence-corrected chi connectivity index (χ3v) is 6.92. The first-order valence-electron chi connectivity index (χ1n) is 10.6. The average molecular weight is 472 g/mol. The van der Waals surface area contributed by atoms with Gasteiger partial charge >= 0.3 is 5.97 Å². The highest BCUT2D eigenvalue weighted by atomic mass is 32.2. The van der Waals surface area contributed by atoms with E-state index in [2.05, 4.69) is 14.8 Å². The molecule has 1 aromatic carbocycles. The predicted octanol–water partition coefficient (Wildman–Crippen LogP) is 3.40. The molecule has 0 atom stereocenters. The Morgan fingerprint density at radius 3 is 2.55 bits per heavy atom. The van der Waals surface area contributed by atoms with Crippen molar-refractivity contribution in [2.24, 2.45) is 0 Å². The van der Waals surface area contributed by atoms with Crippen LogP contribution in [0.2, 0.25) is 0 Å². The van der Waals surface area contributed by atoms with Crippen LogP contribution in [-0.2, 0) is 23.0 Å². The molecule has 0 amide bonds. The third-order valence-electron chi connectivity index (χ3n) is 5.54. The fraction of sp³-hybridized carbons (Fsp3) is 0.348. The molecular weight excluding hydrogens is 442 g/mol. The van der Waals surface area contributed by atoms with E-state index in [4.69, 9.17) is 0 Å². The summed E-state index contributed by atoms with van der Waals surface area (Å²) in [5, 5.41) is 14.3. The molecule has 3 aromatic rings. The van der Waals surface area contributed by atoms with Gasteiger partial charge < -0.3 is 10.0 Å². The number of rotatable bonds is 9. The van der Waals surface area contributed by atoms with Gasteiger partial charge in [0, 0.05) is 25.8 Å². The van der Waals surface area contributed by atoms with Crippen molar-refractivity contribution in [2.45, 2.75) is 45.6 Å². The summed E-state index contributed by atoms with van der Waals surface area (Å²) in [4.78, 5) is 18.0. The molecule has 0 unspecified atom stereocenters. The van der Waals surface area contributed by atoms with Crippen LogP contribution in [0.4, 0.5) is 11.5 Å². The average Bonchev–Trinajstić information content (AvgIpc) is 3.04. The number of carboxylic acid groups (broad SMARTS) is 1. The first-order valence-corrected chi connectivity index (χ1v) is 12.1. The number of likely N-dealkylation sites (N-methyl/N-ethyl adjacent to an activating group) is 1.